The first kappa shape index (κ1) is 14.8. The van der Waals surface area contributed by atoms with Crippen LogP contribution in [0.1, 0.15) is 30.9 Å². The lowest BCUT2D eigenvalue weighted by Crippen LogP contribution is -2.47. The third-order valence-electron chi connectivity index (χ3n) is 4.03. The van der Waals surface area contributed by atoms with Gasteiger partial charge in [0.1, 0.15) is 0 Å². The molecule has 1 aliphatic heterocycles. The molecule has 1 aliphatic rings. The standard InChI is InChI=1S/C15H23N3O2/c1-15(20-2)8-5-9-18(11-15)10-12-6-3-4-7-13(12)14(16)17-19/h3-4,6-7,19H,5,8-11H2,1-2H3,(H2,16,17). The largest absolute Gasteiger partial charge is 0.409 e. The van der Waals surface area contributed by atoms with Gasteiger partial charge in [0.25, 0.3) is 0 Å². The highest BCUT2D eigenvalue weighted by Gasteiger charge is 2.30. The molecule has 0 bridgehead atoms. The maximum absolute atomic E-state index is 8.87. The summed E-state index contributed by atoms with van der Waals surface area (Å²) in [5, 5.41) is 12.0. The molecule has 0 saturated carbocycles. The minimum absolute atomic E-state index is 0.0796. The van der Waals surface area contributed by atoms with Crippen LogP contribution in [0, 0.1) is 0 Å². The Bertz CT molecular complexity index is 490. The van der Waals surface area contributed by atoms with Crippen LogP contribution in [0.4, 0.5) is 0 Å². The number of nitrogens with zero attached hydrogens (tertiary/aromatic N) is 2. The smallest absolute Gasteiger partial charge is 0.170 e. The van der Waals surface area contributed by atoms with E-state index < -0.39 is 0 Å². The molecule has 1 fully saturated rings. The van der Waals surface area contributed by atoms with Crippen molar-refractivity contribution in [2.75, 3.05) is 20.2 Å². The van der Waals surface area contributed by atoms with Crippen molar-refractivity contribution in [1.82, 2.24) is 4.90 Å². The van der Waals surface area contributed by atoms with Crippen LogP contribution in [0.5, 0.6) is 0 Å². The van der Waals surface area contributed by atoms with Gasteiger partial charge in [-0.3, -0.25) is 4.90 Å². The topological polar surface area (TPSA) is 71.1 Å². The average Bonchev–Trinajstić information content (AvgIpc) is 2.47. The zero-order chi connectivity index (χ0) is 14.6. The summed E-state index contributed by atoms with van der Waals surface area (Å²) in [5.74, 6) is 0.159. The third-order valence-corrected chi connectivity index (χ3v) is 4.03. The minimum Gasteiger partial charge on any atom is -0.409 e. The van der Waals surface area contributed by atoms with Crippen molar-refractivity contribution in [2.24, 2.45) is 10.9 Å². The summed E-state index contributed by atoms with van der Waals surface area (Å²) in [6.45, 7) is 4.87. The van der Waals surface area contributed by atoms with Gasteiger partial charge in [-0.2, -0.15) is 0 Å². The van der Waals surface area contributed by atoms with Crippen LogP contribution in [-0.4, -0.2) is 41.7 Å². The average molecular weight is 277 g/mol. The number of likely N-dealkylation sites (tertiary alicyclic amines) is 1. The summed E-state index contributed by atoms with van der Waals surface area (Å²) in [6.07, 6.45) is 2.21. The van der Waals surface area contributed by atoms with Gasteiger partial charge in [0.05, 0.1) is 5.60 Å². The monoisotopic (exact) mass is 277 g/mol. The van der Waals surface area contributed by atoms with Crippen LogP contribution in [0.3, 0.4) is 0 Å². The molecule has 1 unspecified atom stereocenters. The van der Waals surface area contributed by atoms with E-state index in [-0.39, 0.29) is 11.4 Å². The van der Waals surface area contributed by atoms with E-state index in [9.17, 15) is 0 Å². The van der Waals surface area contributed by atoms with Gasteiger partial charge in [-0.1, -0.05) is 29.4 Å². The lowest BCUT2D eigenvalue weighted by Gasteiger charge is -2.39. The van der Waals surface area contributed by atoms with Gasteiger partial charge in [0.2, 0.25) is 0 Å². The van der Waals surface area contributed by atoms with Crippen molar-refractivity contribution in [1.29, 1.82) is 0 Å². The number of piperidine rings is 1. The second kappa shape index (κ2) is 6.24. The Morgan fingerprint density at radius 2 is 2.25 bits per heavy atom. The molecular weight excluding hydrogens is 254 g/mol. The van der Waals surface area contributed by atoms with Gasteiger partial charge in [0, 0.05) is 25.8 Å². The number of oxime groups is 1. The molecule has 5 heteroatoms. The van der Waals surface area contributed by atoms with Gasteiger partial charge in [-0.25, -0.2) is 0 Å². The van der Waals surface area contributed by atoms with Crippen molar-refractivity contribution in [3.05, 3.63) is 35.4 Å². The van der Waals surface area contributed by atoms with Crippen LogP contribution < -0.4 is 5.73 Å². The molecule has 3 N–H and O–H groups in total. The summed E-state index contributed by atoms with van der Waals surface area (Å²) in [5.41, 5.74) is 7.52. The molecule has 1 saturated heterocycles. The number of benzene rings is 1. The molecule has 1 heterocycles. The van der Waals surface area contributed by atoms with Gasteiger partial charge in [-0.05, 0) is 31.9 Å². The number of amidine groups is 1. The van der Waals surface area contributed by atoms with Crippen LogP contribution >= 0.6 is 0 Å². The van der Waals surface area contributed by atoms with E-state index in [0.717, 1.165) is 43.6 Å². The first-order valence-corrected chi connectivity index (χ1v) is 6.91. The Labute approximate surface area is 120 Å². The number of ether oxygens (including phenoxy) is 1. The molecule has 0 amide bonds. The number of nitrogens with two attached hydrogens (primary N) is 1. The Morgan fingerprint density at radius 1 is 1.50 bits per heavy atom. The Hall–Kier alpha value is -1.59. The van der Waals surface area contributed by atoms with E-state index in [4.69, 9.17) is 15.7 Å². The summed E-state index contributed by atoms with van der Waals surface area (Å²) in [4.78, 5) is 2.36. The highest BCUT2D eigenvalue weighted by Crippen LogP contribution is 2.25. The lowest BCUT2D eigenvalue weighted by molar-refractivity contribution is -0.0527. The number of rotatable bonds is 4. The van der Waals surface area contributed by atoms with Crippen molar-refractivity contribution >= 4 is 5.84 Å². The molecule has 1 atom stereocenters. The molecule has 0 aliphatic carbocycles. The zero-order valence-electron chi connectivity index (χ0n) is 12.2. The predicted molar refractivity (Wildman–Crippen MR) is 78.9 cm³/mol. The third kappa shape index (κ3) is 3.29. The quantitative estimate of drug-likeness (QED) is 0.381. The van der Waals surface area contributed by atoms with Crippen LogP contribution in [-0.2, 0) is 11.3 Å². The van der Waals surface area contributed by atoms with E-state index in [1.807, 2.05) is 24.3 Å². The van der Waals surface area contributed by atoms with Crippen molar-refractivity contribution in [2.45, 2.75) is 31.9 Å². The summed E-state index contributed by atoms with van der Waals surface area (Å²) < 4.78 is 5.62. The molecule has 5 nitrogen and oxygen atoms in total. The number of hydrogen-bond acceptors (Lipinski definition) is 4. The molecule has 2 rings (SSSR count). The molecule has 0 aromatic heterocycles. The van der Waals surface area contributed by atoms with Crippen LogP contribution in [0.2, 0.25) is 0 Å². The molecule has 110 valence electrons. The minimum atomic E-state index is -0.0796. The lowest BCUT2D eigenvalue weighted by atomic mass is 9.94. The first-order valence-electron chi connectivity index (χ1n) is 6.91. The van der Waals surface area contributed by atoms with Crippen LogP contribution in [0.25, 0.3) is 0 Å². The van der Waals surface area contributed by atoms with Crippen molar-refractivity contribution in [3.63, 3.8) is 0 Å². The van der Waals surface area contributed by atoms with E-state index in [2.05, 4.69) is 17.0 Å². The van der Waals surface area contributed by atoms with E-state index in [1.165, 1.54) is 0 Å². The highest BCUT2D eigenvalue weighted by molar-refractivity contribution is 5.98. The molecule has 1 aromatic rings. The molecule has 20 heavy (non-hydrogen) atoms. The molecular formula is C15H23N3O2. The van der Waals surface area contributed by atoms with E-state index in [1.54, 1.807) is 7.11 Å². The fourth-order valence-corrected chi connectivity index (χ4v) is 2.81. The SMILES string of the molecule is COC1(C)CCCN(Cc2ccccc2/C(N)=N/O)C1. The van der Waals surface area contributed by atoms with Gasteiger partial charge in [-0.15, -0.1) is 0 Å². The first-order chi connectivity index (χ1) is 9.58. The summed E-state index contributed by atoms with van der Waals surface area (Å²) in [6, 6.07) is 7.77. The Kier molecular flexibility index (Phi) is 4.62. The van der Waals surface area contributed by atoms with E-state index in [0.29, 0.717) is 0 Å². The van der Waals surface area contributed by atoms with Gasteiger partial charge < -0.3 is 15.7 Å². The maximum Gasteiger partial charge on any atom is 0.170 e. The second-order valence-corrected chi connectivity index (χ2v) is 5.61. The van der Waals surface area contributed by atoms with Crippen molar-refractivity contribution in [3.8, 4) is 0 Å². The van der Waals surface area contributed by atoms with Crippen molar-refractivity contribution < 1.29 is 9.94 Å². The van der Waals surface area contributed by atoms with E-state index >= 15 is 0 Å². The van der Waals surface area contributed by atoms with Crippen LogP contribution in [0.15, 0.2) is 29.4 Å². The molecule has 1 aromatic carbocycles. The fraction of sp³-hybridized carbons (Fsp3) is 0.533. The zero-order valence-corrected chi connectivity index (χ0v) is 12.2. The van der Waals surface area contributed by atoms with Gasteiger partial charge >= 0.3 is 0 Å². The molecule has 0 spiro atoms. The predicted octanol–water partition coefficient (Wildman–Crippen LogP) is 1.78. The highest BCUT2D eigenvalue weighted by atomic mass is 16.5. The number of methoxy groups -OCH3 is 1. The Morgan fingerprint density at radius 3 is 2.95 bits per heavy atom. The Balaban J connectivity index is 2.14. The molecule has 0 radical (unpaired) electrons. The normalized spacial score (nSPS) is 24.8. The maximum atomic E-state index is 8.87. The summed E-state index contributed by atoms with van der Waals surface area (Å²) in [7, 11) is 1.77. The summed E-state index contributed by atoms with van der Waals surface area (Å²) >= 11 is 0. The van der Waals surface area contributed by atoms with Gasteiger partial charge in [0.15, 0.2) is 5.84 Å². The fourth-order valence-electron chi connectivity index (χ4n) is 2.81. The number of hydrogen-bond donors (Lipinski definition) is 2. The second-order valence-electron chi connectivity index (χ2n) is 5.61.